The third-order valence-corrected chi connectivity index (χ3v) is 5.05. The van der Waals surface area contributed by atoms with Gasteiger partial charge in [0.2, 0.25) is 0 Å². The molecule has 2 aliphatic rings. The fourth-order valence-electron chi connectivity index (χ4n) is 3.74. The summed E-state index contributed by atoms with van der Waals surface area (Å²) in [5.41, 5.74) is 2.21. The number of nitrogens with one attached hydrogen (secondary N) is 1. The Morgan fingerprint density at radius 3 is 2.74 bits per heavy atom. The zero-order valence-electron chi connectivity index (χ0n) is 13.7. The lowest BCUT2D eigenvalue weighted by molar-refractivity contribution is 0.0277. The third-order valence-electron chi connectivity index (χ3n) is 5.05. The molecule has 1 N–H and O–H groups in total. The van der Waals surface area contributed by atoms with Gasteiger partial charge in [0.1, 0.15) is 5.82 Å². The Morgan fingerprint density at radius 1 is 1.13 bits per heavy atom. The Hall–Kier alpha value is -1.43. The van der Waals surface area contributed by atoms with Gasteiger partial charge in [0.15, 0.2) is 0 Å². The Labute approximate surface area is 137 Å². The van der Waals surface area contributed by atoms with Crippen molar-refractivity contribution in [3.8, 4) is 0 Å². The summed E-state index contributed by atoms with van der Waals surface area (Å²) in [6.45, 7) is 8.64. The molecule has 5 nitrogen and oxygen atoms in total. The molecular weight excluding hydrogens is 288 g/mol. The number of ether oxygens (including phenoxy) is 1. The second-order valence-corrected chi connectivity index (χ2v) is 6.86. The topological polar surface area (TPSA) is 44.4 Å². The van der Waals surface area contributed by atoms with Gasteiger partial charge in [-0.25, -0.2) is 4.98 Å². The number of aromatic nitrogens is 2. The lowest BCUT2D eigenvalue weighted by Crippen LogP contribution is -2.48. The summed E-state index contributed by atoms with van der Waals surface area (Å²) < 4.78 is 5.60. The third kappa shape index (κ3) is 3.74. The first kappa shape index (κ1) is 15.1. The molecule has 0 aliphatic carbocycles. The van der Waals surface area contributed by atoms with Gasteiger partial charge in [0.05, 0.1) is 24.2 Å². The molecule has 3 heterocycles. The minimum atomic E-state index is 0.741. The largest absolute Gasteiger partial charge is 0.381 e. The van der Waals surface area contributed by atoms with Gasteiger partial charge in [-0.3, -0.25) is 4.90 Å². The quantitative estimate of drug-likeness (QED) is 0.939. The van der Waals surface area contributed by atoms with E-state index in [4.69, 9.17) is 9.72 Å². The van der Waals surface area contributed by atoms with Crippen LogP contribution in [-0.2, 0) is 11.3 Å². The summed E-state index contributed by atoms with van der Waals surface area (Å²) in [5.74, 6) is 1.83. The standard InChI is InChI=1S/C18H26N4O/c1-2-6-17-16(5-1)19-18(20-17)13-22-9-7-21(8-10-22)12-15-4-3-11-23-14-15/h1-2,5-6,15H,3-4,7-14H2,(H,19,20)/t15-/m1/s1. The van der Waals surface area contributed by atoms with E-state index in [9.17, 15) is 0 Å². The fraction of sp³-hybridized carbons (Fsp3) is 0.611. The molecule has 0 saturated carbocycles. The molecule has 1 atom stereocenters. The predicted molar refractivity (Wildman–Crippen MR) is 91.4 cm³/mol. The van der Waals surface area contributed by atoms with Crippen molar-refractivity contribution >= 4 is 11.0 Å². The van der Waals surface area contributed by atoms with Crippen LogP contribution in [0.1, 0.15) is 18.7 Å². The zero-order chi connectivity index (χ0) is 15.5. The fourth-order valence-corrected chi connectivity index (χ4v) is 3.74. The van der Waals surface area contributed by atoms with Crippen LogP contribution < -0.4 is 0 Å². The first-order chi connectivity index (χ1) is 11.4. The average molecular weight is 314 g/mol. The second-order valence-electron chi connectivity index (χ2n) is 6.86. The maximum atomic E-state index is 5.60. The first-order valence-corrected chi connectivity index (χ1v) is 8.83. The number of nitrogens with zero attached hydrogens (tertiary/aromatic N) is 3. The van der Waals surface area contributed by atoms with Crippen molar-refractivity contribution in [2.24, 2.45) is 5.92 Å². The molecule has 4 rings (SSSR count). The van der Waals surface area contributed by atoms with Gasteiger partial charge < -0.3 is 14.6 Å². The molecule has 0 radical (unpaired) electrons. The number of imidazole rings is 1. The average Bonchev–Trinajstić information content (AvgIpc) is 3.00. The smallest absolute Gasteiger partial charge is 0.121 e. The van der Waals surface area contributed by atoms with Crippen molar-refractivity contribution < 1.29 is 4.74 Å². The van der Waals surface area contributed by atoms with E-state index in [-0.39, 0.29) is 0 Å². The summed E-state index contributed by atoms with van der Waals surface area (Å²) >= 11 is 0. The van der Waals surface area contributed by atoms with E-state index >= 15 is 0 Å². The lowest BCUT2D eigenvalue weighted by Gasteiger charge is -2.36. The van der Waals surface area contributed by atoms with Gasteiger partial charge in [-0.05, 0) is 30.9 Å². The summed E-state index contributed by atoms with van der Waals surface area (Å²) in [7, 11) is 0. The van der Waals surface area contributed by atoms with Crippen LogP contribution in [-0.4, -0.2) is 65.7 Å². The number of fused-ring (bicyclic) bond motifs is 1. The molecule has 1 aromatic carbocycles. The minimum Gasteiger partial charge on any atom is -0.381 e. The van der Waals surface area contributed by atoms with Crippen LogP contribution in [0.15, 0.2) is 24.3 Å². The van der Waals surface area contributed by atoms with Gasteiger partial charge in [0.25, 0.3) is 0 Å². The van der Waals surface area contributed by atoms with Crippen LogP contribution in [0, 0.1) is 5.92 Å². The molecule has 2 fully saturated rings. The Kier molecular flexibility index (Phi) is 4.60. The second kappa shape index (κ2) is 6.99. The first-order valence-electron chi connectivity index (χ1n) is 8.83. The number of hydrogen-bond donors (Lipinski definition) is 1. The molecule has 0 bridgehead atoms. The van der Waals surface area contributed by atoms with Crippen molar-refractivity contribution in [2.45, 2.75) is 19.4 Å². The molecule has 0 unspecified atom stereocenters. The van der Waals surface area contributed by atoms with Crippen LogP contribution >= 0.6 is 0 Å². The minimum absolute atomic E-state index is 0.741. The van der Waals surface area contributed by atoms with E-state index in [0.717, 1.165) is 68.7 Å². The molecule has 0 amide bonds. The van der Waals surface area contributed by atoms with Crippen molar-refractivity contribution in [1.29, 1.82) is 0 Å². The summed E-state index contributed by atoms with van der Waals surface area (Å²) in [5, 5.41) is 0. The molecule has 1 aromatic heterocycles. The van der Waals surface area contributed by atoms with Crippen molar-refractivity contribution in [3.05, 3.63) is 30.1 Å². The number of H-pyrrole nitrogens is 1. The van der Waals surface area contributed by atoms with E-state index in [1.54, 1.807) is 0 Å². The highest BCUT2D eigenvalue weighted by Gasteiger charge is 2.22. The molecule has 2 saturated heterocycles. The van der Waals surface area contributed by atoms with Crippen LogP contribution in [0.5, 0.6) is 0 Å². The molecule has 5 heteroatoms. The van der Waals surface area contributed by atoms with Gasteiger partial charge in [0, 0.05) is 39.3 Å². The highest BCUT2D eigenvalue weighted by Crippen LogP contribution is 2.17. The maximum absolute atomic E-state index is 5.60. The van der Waals surface area contributed by atoms with Gasteiger partial charge >= 0.3 is 0 Å². The predicted octanol–water partition coefficient (Wildman–Crippen LogP) is 2.11. The highest BCUT2D eigenvalue weighted by molar-refractivity contribution is 5.74. The van der Waals surface area contributed by atoms with E-state index in [0.29, 0.717) is 0 Å². The van der Waals surface area contributed by atoms with Crippen molar-refractivity contribution in [1.82, 2.24) is 19.8 Å². The molecule has 0 spiro atoms. The normalized spacial score (nSPS) is 24.3. The van der Waals surface area contributed by atoms with Crippen LogP contribution in [0.2, 0.25) is 0 Å². The maximum Gasteiger partial charge on any atom is 0.121 e. The van der Waals surface area contributed by atoms with Gasteiger partial charge in [-0.1, -0.05) is 12.1 Å². The zero-order valence-corrected chi connectivity index (χ0v) is 13.7. The summed E-state index contributed by atoms with van der Waals surface area (Å²) in [4.78, 5) is 13.2. The summed E-state index contributed by atoms with van der Waals surface area (Å²) in [6.07, 6.45) is 2.57. The van der Waals surface area contributed by atoms with Crippen molar-refractivity contribution in [2.75, 3.05) is 45.9 Å². The monoisotopic (exact) mass is 314 g/mol. The van der Waals surface area contributed by atoms with E-state index < -0.39 is 0 Å². The van der Waals surface area contributed by atoms with Crippen LogP contribution in [0.25, 0.3) is 11.0 Å². The van der Waals surface area contributed by atoms with Gasteiger partial charge in [-0.15, -0.1) is 0 Å². The Morgan fingerprint density at radius 2 is 1.96 bits per heavy atom. The van der Waals surface area contributed by atoms with Crippen molar-refractivity contribution in [3.63, 3.8) is 0 Å². The van der Waals surface area contributed by atoms with Crippen LogP contribution in [0.4, 0.5) is 0 Å². The van der Waals surface area contributed by atoms with E-state index in [1.807, 2.05) is 6.07 Å². The number of aromatic amines is 1. The highest BCUT2D eigenvalue weighted by atomic mass is 16.5. The van der Waals surface area contributed by atoms with Gasteiger partial charge in [-0.2, -0.15) is 0 Å². The number of rotatable bonds is 4. The Balaban J connectivity index is 1.27. The Bertz CT molecular complexity index is 594. The summed E-state index contributed by atoms with van der Waals surface area (Å²) in [6, 6.07) is 8.26. The molecular formula is C18H26N4O. The molecule has 2 aromatic rings. The molecule has 124 valence electrons. The molecule has 2 aliphatic heterocycles. The van der Waals surface area contributed by atoms with E-state index in [1.165, 1.54) is 19.4 Å². The SMILES string of the molecule is c1ccc2[nH]c(CN3CCN(C[C@H]4CCCOC4)CC3)nc2c1. The number of benzene rings is 1. The van der Waals surface area contributed by atoms with Crippen LogP contribution in [0.3, 0.4) is 0 Å². The lowest BCUT2D eigenvalue weighted by atomic mass is 10.0. The van der Waals surface area contributed by atoms with E-state index in [2.05, 4.69) is 33.0 Å². The molecule has 23 heavy (non-hydrogen) atoms. The number of piperazine rings is 1. The number of hydrogen-bond acceptors (Lipinski definition) is 4. The number of para-hydroxylation sites is 2.